The van der Waals surface area contributed by atoms with Crippen molar-refractivity contribution in [2.75, 3.05) is 0 Å². The van der Waals surface area contributed by atoms with E-state index >= 15 is 0 Å². The Morgan fingerprint density at radius 2 is 2.62 bits per heavy atom. The van der Waals surface area contributed by atoms with Crippen LogP contribution < -0.4 is 0 Å². The third-order valence-electron chi connectivity index (χ3n) is 0.292. The Balaban J connectivity index is 3.34. The van der Waals surface area contributed by atoms with Gasteiger partial charge >= 0.3 is 5.97 Å². The van der Waals surface area contributed by atoms with Crippen LogP contribution in [0.3, 0.4) is 0 Å². The van der Waals surface area contributed by atoms with Crippen LogP contribution in [-0.4, -0.2) is 12.2 Å². The van der Waals surface area contributed by atoms with Gasteiger partial charge in [0.1, 0.15) is 12.3 Å². The van der Waals surface area contributed by atoms with Crippen LogP contribution in [0.15, 0.2) is 5.16 Å². The number of nitriles is 1. The van der Waals surface area contributed by atoms with Gasteiger partial charge in [-0.1, -0.05) is 5.16 Å². The van der Waals surface area contributed by atoms with Gasteiger partial charge in [-0.15, -0.1) is 0 Å². The zero-order chi connectivity index (χ0) is 6.41. The van der Waals surface area contributed by atoms with Crippen molar-refractivity contribution >= 4 is 12.2 Å². The molecule has 0 saturated heterocycles. The SMILES string of the molecule is CC(=O)O/N=C/C#N. The van der Waals surface area contributed by atoms with E-state index in [-0.39, 0.29) is 0 Å². The zero-order valence-electron chi connectivity index (χ0n) is 4.29. The molecule has 0 aliphatic carbocycles. The second-order valence-electron chi connectivity index (χ2n) is 0.946. The minimum Gasteiger partial charge on any atom is -0.318 e. The molecule has 0 saturated carbocycles. The van der Waals surface area contributed by atoms with Gasteiger partial charge in [0.25, 0.3) is 0 Å². The number of rotatable bonds is 1. The molecule has 0 fully saturated rings. The number of oxime groups is 1. The minimum absolute atomic E-state index is 0.531. The molecule has 0 amide bonds. The van der Waals surface area contributed by atoms with E-state index in [9.17, 15) is 4.79 Å². The topological polar surface area (TPSA) is 62.4 Å². The molecule has 0 heterocycles. The molecule has 0 aromatic heterocycles. The van der Waals surface area contributed by atoms with Gasteiger partial charge in [0.2, 0.25) is 0 Å². The highest BCUT2D eigenvalue weighted by Gasteiger charge is 1.83. The summed E-state index contributed by atoms with van der Waals surface area (Å²) >= 11 is 0. The maximum atomic E-state index is 9.87. The predicted molar refractivity (Wildman–Crippen MR) is 25.9 cm³/mol. The van der Waals surface area contributed by atoms with E-state index in [1.165, 1.54) is 6.92 Å². The molecule has 4 heteroatoms. The van der Waals surface area contributed by atoms with E-state index < -0.39 is 5.97 Å². The lowest BCUT2D eigenvalue weighted by molar-refractivity contribution is -0.140. The van der Waals surface area contributed by atoms with Gasteiger partial charge in [-0.2, -0.15) is 5.26 Å². The second kappa shape index (κ2) is 3.81. The molecular formula is C4H4N2O2. The summed E-state index contributed by atoms with van der Waals surface area (Å²) in [5.41, 5.74) is 0. The van der Waals surface area contributed by atoms with Crippen LogP contribution in [0.4, 0.5) is 0 Å². The lowest BCUT2D eigenvalue weighted by Crippen LogP contribution is -1.89. The van der Waals surface area contributed by atoms with Crippen molar-refractivity contribution in [2.24, 2.45) is 5.16 Å². The third kappa shape index (κ3) is 4.63. The van der Waals surface area contributed by atoms with Crippen LogP contribution in [0.5, 0.6) is 0 Å². The van der Waals surface area contributed by atoms with Crippen molar-refractivity contribution < 1.29 is 9.63 Å². The molecule has 0 N–H and O–H groups in total. The van der Waals surface area contributed by atoms with Gasteiger partial charge in [-0.3, -0.25) is 0 Å². The number of hydrogen-bond donors (Lipinski definition) is 0. The quantitative estimate of drug-likeness (QED) is 0.273. The van der Waals surface area contributed by atoms with E-state index in [2.05, 4.69) is 9.99 Å². The predicted octanol–water partition coefficient (Wildman–Crippen LogP) is 0.0589. The highest BCUT2D eigenvalue weighted by molar-refractivity contribution is 5.75. The molecule has 0 rings (SSSR count). The van der Waals surface area contributed by atoms with E-state index in [4.69, 9.17) is 5.26 Å². The molecule has 0 spiro atoms. The Bertz CT molecular complexity index is 145. The Morgan fingerprint density at radius 3 is 3.00 bits per heavy atom. The Labute approximate surface area is 46.4 Å². The maximum Gasteiger partial charge on any atom is 0.332 e. The fourth-order valence-electron chi connectivity index (χ4n) is 0.124. The highest BCUT2D eigenvalue weighted by atomic mass is 16.7. The minimum atomic E-state index is -0.531. The summed E-state index contributed by atoms with van der Waals surface area (Å²) in [6.07, 6.45) is 0.835. The van der Waals surface area contributed by atoms with Gasteiger partial charge in [-0.05, 0) is 0 Å². The zero-order valence-corrected chi connectivity index (χ0v) is 4.29. The van der Waals surface area contributed by atoms with E-state index in [1.807, 2.05) is 0 Å². The van der Waals surface area contributed by atoms with Gasteiger partial charge < -0.3 is 4.84 Å². The number of hydrogen-bond acceptors (Lipinski definition) is 4. The number of carbonyl (C=O) groups excluding carboxylic acids is 1. The Kier molecular flexibility index (Phi) is 3.16. The molecule has 0 aliphatic rings. The summed E-state index contributed by atoms with van der Waals surface area (Å²) in [5.74, 6) is -0.531. The maximum absolute atomic E-state index is 9.87. The summed E-state index contributed by atoms with van der Waals surface area (Å²) in [4.78, 5) is 13.9. The van der Waals surface area contributed by atoms with Gasteiger partial charge in [0.05, 0.1) is 0 Å². The first-order valence-electron chi connectivity index (χ1n) is 1.86. The average Bonchev–Trinajstić information content (AvgIpc) is 1.66. The second-order valence-corrected chi connectivity index (χ2v) is 0.946. The van der Waals surface area contributed by atoms with Gasteiger partial charge in [0.15, 0.2) is 0 Å². The molecule has 0 radical (unpaired) electrons. The number of carbonyl (C=O) groups is 1. The van der Waals surface area contributed by atoms with E-state index in [0.29, 0.717) is 0 Å². The van der Waals surface area contributed by atoms with Crippen LogP contribution in [0.1, 0.15) is 6.92 Å². The molecule has 0 aliphatic heterocycles. The van der Waals surface area contributed by atoms with E-state index in [1.54, 1.807) is 6.07 Å². The molecule has 0 atom stereocenters. The van der Waals surface area contributed by atoms with Crippen LogP contribution >= 0.6 is 0 Å². The molecular weight excluding hydrogens is 108 g/mol. The van der Waals surface area contributed by atoms with Crippen molar-refractivity contribution in [3.8, 4) is 6.07 Å². The Morgan fingerprint density at radius 1 is 2.00 bits per heavy atom. The molecule has 8 heavy (non-hydrogen) atoms. The Hall–Kier alpha value is -1.37. The van der Waals surface area contributed by atoms with Crippen molar-refractivity contribution in [2.45, 2.75) is 6.92 Å². The fourth-order valence-corrected chi connectivity index (χ4v) is 0.124. The lowest BCUT2D eigenvalue weighted by Gasteiger charge is -1.82. The standard InChI is InChI=1S/C4H4N2O2/c1-4(7)8-6-3-2-5/h3H,1H3/b6-3+. The van der Waals surface area contributed by atoms with Crippen LogP contribution in [-0.2, 0) is 9.63 Å². The van der Waals surface area contributed by atoms with E-state index in [0.717, 1.165) is 6.21 Å². The average molecular weight is 112 g/mol. The fraction of sp³-hybridized carbons (Fsp3) is 0.250. The molecule has 0 unspecified atom stereocenters. The molecule has 0 bridgehead atoms. The first-order valence-corrected chi connectivity index (χ1v) is 1.86. The highest BCUT2D eigenvalue weighted by Crippen LogP contribution is 1.72. The lowest BCUT2D eigenvalue weighted by atomic mass is 10.8. The van der Waals surface area contributed by atoms with Crippen molar-refractivity contribution in [3.63, 3.8) is 0 Å². The van der Waals surface area contributed by atoms with Crippen molar-refractivity contribution in [1.29, 1.82) is 5.26 Å². The first kappa shape index (κ1) is 6.63. The summed E-state index contributed by atoms with van der Waals surface area (Å²) < 4.78 is 0. The molecule has 42 valence electrons. The summed E-state index contributed by atoms with van der Waals surface area (Å²) in [7, 11) is 0. The molecule has 4 nitrogen and oxygen atoms in total. The van der Waals surface area contributed by atoms with Gasteiger partial charge in [0, 0.05) is 6.92 Å². The summed E-state index contributed by atoms with van der Waals surface area (Å²) in [6.45, 7) is 1.20. The smallest absolute Gasteiger partial charge is 0.318 e. The normalized spacial score (nSPS) is 8.50. The largest absolute Gasteiger partial charge is 0.332 e. The van der Waals surface area contributed by atoms with Crippen molar-refractivity contribution in [3.05, 3.63) is 0 Å². The van der Waals surface area contributed by atoms with Crippen molar-refractivity contribution in [1.82, 2.24) is 0 Å². The molecule has 0 aromatic rings. The monoisotopic (exact) mass is 112 g/mol. The van der Waals surface area contributed by atoms with Crippen LogP contribution in [0, 0.1) is 11.3 Å². The number of nitrogens with zero attached hydrogens (tertiary/aromatic N) is 2. The van der Waals surface area contributed by atoms with Gasteiger partial charge in [-0.25, -0.2) is 4.79 Å². The molecule has 0 aromatic carbocycles. The third-order valence-corrected chi connectivity index (χ3v) is 0.292. The summed E-state index contributed by atoms with van der Waals surface area (Å²) in [5, 5.41) is 10.7. The van der Waals surface area contributed by atoms with Crippen LogP contribution in [0.2, 0.25) is 0 Å². The first-order chi connectivity index (χ1) is 3.77. The van der Waals surface area contributed by atoms with Crippen LogP contribution in [0.25, 0.3) is 0 Å². The summed E-state index contributed by atoms with van der Waals surface area (Å²) in [6, 6.07) is 1.55.